The van der Waals surface area contributed by atoms with Crippen molar-refractivity contribution < 1.29 is 33.5 Å². The van der Waals surface area contributed by atoms with Gasteiger partial charge in [0.15, 0.2) is 0 Å². The molecule has 0 unspecified atom stereocenters. The minimum absolute atomic E-state index is 0.0664. The lowest BCUT2D eigenvalue weighted by atomic mass is 10.5. The maximum Gasteiger partial charge on any atom is 0.469 e. The van der Waals surface area contributed by atoms with Gasteiger partial charge in [-0.15, -0.1) is 0 Å². The molecule has 0 fully saturated rings. The fourth-order valence-corrected chi connectivity index (χ4v) is 0.927. The third-order valence-electron chi connectivity index (χ3n) is 1.17. The number of alkyl carbamates (subject to hydrolysis) is 1. The lowest BCUT2D eigenvalue weighted by molar-refractivity contribution is 0.131. The molecule has 0 radical (unpaired) electrons. The quantitative estimate of drug-likeness (QED) is 0.341. The second-order valence-electron chi connectivity index (χ2n) is 2.46. The van der Waals surface area contributed by atoms with Gasteiger partial charge in [0.25, 0.3) is 0 Å². The van der Waals surface area contributed by atoms with E-state index in [-0.39, 0.29) is 26.4 Å². The maximum absolute atomic E-state index is 10.8. The third-order valence-corrected chi connectivity index (χ3v) is 1.69. The van der Waals surface area contributed by atoms with Gasteiger partial charge in [-0.1, -0.05) is 0 Å². The van der Waals surface area contributed by atoms with Crippen LogP contribution >= 0.6 is 7.82 Å². The zero-order valence-corrected chi connectivity index (χ0v) is 8.85. The average Bonchev–Trinajstić information content (AvgIpc) is 2.11. The maximum atomic E-state index is 10.8. The molecule has 0 atom stereocenters. The highest BCUT2D eigenvalue weighted by Gasteiger charge is 2.12. The van der Waals surface area contributed by atoms with E-state index in [2.05, 4.69) is 14.6 Å². The smallest absolute Gasteiger partial charge is 0.449 e. The summed E-state index contributed by atoms with van der Waals surface area (Å²) in [6.45, 7) is -0.362. The van der Waals surface area contributed by atoms with E-state index in [0.717, 1.165) is 0 Å². The number of rotatable bonds is 7. The minimum Gasteiger partial charge on any atom is -0.449 e. The number of phosphoric acid groups is 1. The van der Waals surface area contributed by atoms with Crippen LogP contribution in [0.4, 0.5) is 4.79 Å². The molecule has 15 heavy (non-hydrogen) atoms. The Morgan fingerprint density at radius 2 is 2.00 bits per heavy atom. The molecule has 0 heterocycles. The van der Waals surface area contributed by atoms with Crippen LogP contribution in [0, 0.1) is 0 Å². The lowest BCUT2D eigenvalue weighted by Gasteiger charge is -2.07. The number of ether oxygens (including phenoxy) is 1. The van der Waals surface area contributed by atoms with Crippen molar-refractivity contribution in [1.82, 2.24) is 5.32 Å². The van der Waals surface area contributed by atoms with Gasteiger partial charge in [0.1, 0.15) is 0 Å². The predicted octanol–water partition coefficient (Wildman–Crippen LogP) is -0.796. The highest BCUT2D eigenvalue weighted by molar-refractivity contribution is 7.46. The molecule has 0 saturated heterocycles. The fraction of sp³-hybridized carbons (Fsp3) is 0.833. The Labute approximate surface area is 86.4 Å². The van der Waals surface area contributed by atoms with Gasteiger partial charge in [-0.3, -0.25) is 4.52 Å². The number of amides is 1. The molecule has 0 spiro atoms. The number of carbonyl (C=O) groups is 1. The first kappa shape index (κ1) is 14.3. The Bertz CT molecular complexity index is 228. The monoisotopic (exact) mass is 243 g/mol. The largest absolute Gasteiger partial charge is 0.469 e. The Morgan fingerprint density at radius 3 is 2.53 bits per heavy atom. The molecule has 4 N–H and O–H groups in total. The average molecular weight is 243 g/mol. The summed E-state index contributed by atoms with van der Waals surface area (Å²) >= 11 is 0. The van der Waals surface area contributed by atoms with Crippen LogP contribution in [0.25, 0.3) is 0 Å². The van der Waals surface area contributed by atoms with Gasteiger partial charge in [-0.05, 0) is 0 Å². The Kier molecular flexibility index (Phi) is 7.27. The van der Waals surface area contributed by atoms with Crippen LogP contribution in [0.3, 0.4) is 0 Å². The van der Waals surface area contributed by atoms with Gasteiger partial charge >= 0.3 is 13.9 Å². The van der Waals surface area contributed by atoms with Crippen molar-refractivity contribution in [1.29, 1.82) is 0 Å². The summed E-state index contributed by atoms with van der Waals surface area (Å²) in [5, 5.41) is 10.6. The van der Waals surface area contributed by atoms with Gasteiger partial charge < -0.3 is 24.9 Å². The Morgan fingerprint density at radius 1 is 1.33 bits per heavy atom. The van der Waals surface area contributed by atoms with Crippen molar-refractivity contribution in [3.8, 4) is 0 Å². The summed E-state index contributed by atoms with van der Waals surface area (Å²) in [6.07, 6.45) is -0.385. The lowest BCUT2D eigenvalue weighted by Crippen LogP contribution is -2.28. The van der Waals surface area contributed by atoms with Crippen LogP contribution in [0.2, 0.25) is 0 Å². The van der Waals surface area contributed by atoms with Gasteiger partial charge in [-0.25, -0.2) is 9.36 Å². The topological polar surface area (TPSA) is 125 Å². The zero-order valence-electron chi connectivity index (χ0n) is 7.96. The Hall–Kier alpha value is -0.660. The molecule has 0 bridgehead atoms. The van der Waals surface area contributed by atoms with Crippen molar-refractivity contribution >= 4 is 13.9 Å². The van der Waals surface area contributed by atoms with Crippen LogP contribution < -0.4 is 5.32 Å². The summed E-state index contributed by atoms with van der Waals surface area (Å²) in [5.74, 6) is 0. The second-order valence-corrected chi connectivity index (χ2v) is 3.70. The fourth-order valence-electron chi connectivity index (χ4n) is 0.598. The van der Waals surface area contributed by atoms with Crippen molar-refractivity contribution in [2.75, 3.05) is 26.4 Å². The SMILES string of the molecule is O=C(NCCOP(=O)(O)O)OCCCO. The van der Waals surface area contributed by atoms with Crippen molar-refractivity contribution in [3.63, 3.8) is 0 Å². The van der Waals surface area contributed by atoms with Crippen molar-refractivity contribution in [2.24, 2.45) is 0 Å². The standard InChI is InChI=1S/C6H14NO7P/c8-3-1-4-13-6(9)7-2-5-14-15(10,11)12/h8H,1-5H2,(H,7,9)(H2,10,11,12). The molecule has 90 valence electrons. The van der Waals surface area contributed by atoms with Crippen molar-refractivity contribution in [2.45, 2.75) is 6.42 Å². The summed E-state index contributed by atoms with van der Waals surface area (Å²) < 4.78 is 18.8. The summed E-state index contributed by atoms with van der Waals surface area (Å²) in [5.41, 5.74) is 0. The number of aliphatic hydroxyl groups excluding tert-OH is 1. The molecule has 0 aliphatic rings. The van der Waals surface area contributed by atoms with Gasteiger partial charge in [0.05, 0.1) is 13.2 Å². The molecule has 0 rings (SSSR count). The van der Waals surface area contributed by atoms with E-state index in [1.165, 1.54) is 0 Å². The van der Waals surface area contributed by atoms with Gasteiger partial charge in [0, 0.05) is 19.6 Å². The zero-order chi connectivity index (χ0) is 11.7. The summed E-state index contributed by atoms with van der Waals surface area (Å²) in [7, 11) is -4.48. The molecule has 0 aromatic heterocycles. The van der Waals surface area contributed by atoms with E-state index >= 15 is 0 Å². The second kappa shape index (κ2) is 7.61. The van der Waals surface area contributed by atoms with Crippen molar-refractivity contribution in [3.05, 3.63) is 0 Å². The van der Waals surface area contributed by atoms with E-state index in [1.807, 2.05) is 0 Å². The number of carbonyl (C=O) groups excluding carboxylic acids is 1. The highest BCUT2D eigenvalue weighted by Crippen LogP contribution is 2.34. The normalized spacial score (nSPS) is 11.1. The first-order valence-corrected chi connectivity index (χ1v) is 5.70. The number of nitrogens with one attached hydrogen (secondary N) is 1. The molecule has 0 aromatic rings. The van der Waals surface area contributed by atoms with E-state index in [9.17, 15) is 9.36 Å². The van der Waals surface area contributed by atoms with Crippen LogP contribution in [0.15, 0.2) is 0 Å². The first-order chi connectivity index (χ1) is 6.95. The van der Waals surface area contributed by atoms with E-state index in [1.54, 1.807) is 0 Å². The van der Waals surface area contributed by atoms with Crippen LogP contribution in [0.5, 0.6) is 0 Å². The Balaban J connectivity index is 3.35. The number of hydrogen-bond acceptors (Lipinski definition) is 5. The molecule has 0 saturated carbocycles. The molecule has 9 heteroatoms. The summed E-state index contributed by atoms with van der Waals surface area (Å²) in [4.78, 5) is 27.3. The number of phosphoric ester groups is 1. The highest BCUT2D eigenvalue weighted by atomic mass is 31.2. The number of aliphatic hydroxyl groups is 1. The van der Waals surface area contributed by atoms with Gasteiger partial charge in [0.2, 0.25) is 0 Å². The van der Waals surface area contributed by atoms with E-state index in [4.69, 9.17) is 14.9 Å². The minimum atomic E-state index is -4.48. The van der Waals surface area contributed by atoms with Gasteiger partial charge in [-0.2, -0.15) is 0 Å². The molecule has 0 aromatic carbocycles. The molecule has 8 nitrogen and oxygen atoms in total. The first-order valence-electron chi connectivity index (χ1n) is 4.17. The molecule has 0 aliphatic carbocycles. The molecule has 1 amide bonds. The van der Waals surface area contributed by atoms with Crippen LogP contribution in [0.1, 0.15) is 6.42 Å². The molecular weight excluding hydrogens is 229 g/mol. The number of hydrogen-bond donors (Lipinski definition) is 4. The predicted molar refractivity (Wildman–Crippen MR) is 49.0 cm³/mol. The summed E-state index contributed by atoms with van der Waals surface area (Å²) in [6, 6.07) is 0. The van der Waals surface area contributed by atoms with Crippen LogP contribution in [-0.4, -0.2) is 47.4 Å². The molecular formula is C6H14NO7P. The van der Waals surface area contributed by atoms with Crippen LogP contribution in [-0.2, 0) is 13.8 Å². The molecule has 0 aliphatic heterocycles. The third kappa shape index (κ3) is 11.3. The van der Waals surface area contributed by atoms with E-state index < -0.39 is 13.9 Å². The van der Waals surface area contributed by atoms with E-state index in [0.29, 0.717) is 6.42 Å².